The molecule has 1 fully saturated rings. The second kappa shape index (κ2) is 9.43. The molecule has 1 heterocycles. The summed E-state index contributed by atoms with van der Waals surface area (Å²) in [7, 11) is 3.01. The maximum atomic E-state index is 12.3. The van der Waals surface area contributed by atoms with E-state index in [9.17, 15) is 14.4 Å². The zero-order chi connectivity index (χ0) is 19.8. The largest absolute Gasteiger partial charge is 0.497 e. The number of hydrogen-bond acceptors (Lipinski definition) is 7. The summed E-state index contributed by atoms with van der Waals surface area (Å²) in [5.41, 5.74) is 0.535. The molecule has 0 unspecified atom stereocenters. The number of methoxy groups -OCH3 is 2. The van der Waals surface area contributed by atoms with E-state index in [2.05, 4.69) is 5.32 Å². The highest BCUT2D eigenvalue weighted by atomic mass is 16.5. The maximum absolute atomic E-state index is 12.3. The van der Waals surface area contributed by atoms with E-state index in [-0.39, 0.29) is 31.8 Å². The lowest BCUT2D eigenvalue weighted by Gasteiger charge is -2.20. The van der Waals surface area contributed by atoms with Crippen molar-refractivity contribution in [3.8, 4) is 17.6 Å². The third-order valence-corrected chi connectivity index (χ3v) is 4.04. The first kappa shape index (κ1) is 20.0. The topological polar surface area (TPSA) is 118 Å². The fourth-order valence-electron chi connectivity index (χ4n) is 2.67. The molecular formula is C18H21N3O6. The molecule has 0 radical (unpaired) electrons. The minimum atomic E-state index is -0.670. The van der Waals surface area contributed by atoms with Crippen molar-refractivity contribution in [2.24, 2.45) is 5.92 Å². The van der Waals surface area contributed by atoms with E-state index in [4.69, 9.17) is 19.5 Å². The number of rotatable bonds is 8. The zero-order valence-corrected chi connectivity index (χ0v) is 15.2. The van der Waals surface area contributed by atoms with E-state index < -0.39 is 24.4 Å². The van der Waals surface area contributed by atoms with Crippen LogP contribution in [0.25, 0.3) is 0 Å². The minimum absolute atomic E-state index is 0.00985. The standard InChI is InChI=1S/C18H21N3O6/c1-25-13-4-5-14(15(9-13)26-2)21-10-12(8-17(21)23)18(24)27-11-16(22)20-7-3-6-19/h4-5,9,12H,3,7-8,10-11H2,1-2H3,(H,20,22)/t12-/m1/s1. The predicted molar refractivity (Wildman–Crippen MR) is 94.2 cm³/mol. The van der Waals surface area contributed by atoms with Gasteiger partial charge in [-0.15, -0.1) is 0 Å². The van der Waals surface area contributed by atoms with E-state index in [1.807, 2.05) is 6.07 Å². The first-order valence-electron chi connectivity index (χ1n) is 8.32. The quantitative estimate of drug-likeness (QED) is 0.523. The number of nitriles is 1. The number of hydrogen-bond donors (Lipinski definition) is 1. The van der Waals surface area contributed by atoms with Crippen LogP contribution in [0.1, 0.15) is 12.8 Å². The minimum Gasteiger partial charge on any atom is -0.497 e. The van der Waals surface area contributed by atoms with Crippen LogP contribution in [0, 0.1) is 17.2 Å². The van der Waals surface area contributed by atoms with Gasteiger partial charge in [-0.2, -0.15) is 5.26 Å². The Morgan fingerprint density at radius 1 is 1.33 bits per heavy atom. The molecule has 1 aliphatic rings. The summed E-state index contributed by atoms with van der Waals surface area (Å²) in [6.45, 7) is -0.114. The molecule has 1 aliphatic heterocycles. The van der Waals surface area contributed by atoms with Crippen molar-refractivity contribution < 1.29 is 28.6 Å². The van der Waals surface area contributed by atoms with Gasteiger partial charge >= 0.3 is 5.97 Å². The monoisotopic (exact) mass is 375 g/mol. The average Bonchev–Trinajstić information content (AvgIpc) is 3.07. The maximum Gasteiger partial charge on any atom is 0.311 e. The Kier molecular flexibility index (Phi) is 7.00. The normalized spacial score (nSPS) is 15.8. The van der Waals surface area contributed by atoms with Gasteiger partial charge in [0.2, 0.25) is 5.91 Å². The van der Waals surface area contributed by atoms with E-state index in [1.165, 1.54) is 19.1 Å². The van der Waals surface area contributed by atoms with Crippen LogP contribution in [0.2, 0.25) is 0 Å². The van der Waals surface area contributed by atoms with Crippen molar-refractivity contribution >= 4 is 23.5 Å². The number of carbonyl (C=O) groups excluding carboxylic acids is 3. The summed E-state index contributed by atoms with van der Waals surface area (Å²) in [5, 5.41) is 10.9. The van der Waals surface area contributed by atoms with Crippen LogP contribution < -0.4 is 19.7 Å². The van der Waals surface area contributed by atoms with Gasteiger partial charge in [-0.1, -0.05) is 0 Å². The SMILES string of the molecule is COc1ccc(N2C[C@H](C(=O)OCC(=O)NCCC#N)CC2=O)c(OC)c1. The molecule has 1 saturated heterocycles. The Bertz CT molecular complexity index is 758. The van der Waals surface area contributed by atoms with Gasteiger partial charge in [0, 0.05) is 25.6 Å². The van der Waals surface area contributed by atoms with Crippen molar-refractivity contribution in [3.63, 3.8) is 0 Å². The molecule has 0 saturated carbocycles. The van der Waals surface area contributed by atoms with Crippen molar-refractivity contribution in [2.45, 2.75) is 12.8 Å². The van der Waals surface area contributed by atoms with Gasteiger partial charge in [-0.3, -0.25) is 14.4 Å². The number of esters is 1. The number of carbonyl (C=O) groups is 3. The number of amides is 2. The Labute approximate surface area is 156 Å². The molecule has 0 spiro atoms. The van der Waals surface area contributed by atoms with Crippen LogP contribution in [-0.2, 0) is 19.1 Å². The van der Waals surface area contributed by atoms with Crippen molar-refractivity contribution in [3.05, 3.63) is 18.2 Å². The summed E-state index contributed by atoms with van der Waals surface area (Å²) in [6.07, 6.45) is 0.166. The lowest BCUT2D eigenvalue weighted by molar-refractivity contribution is -0.152. The smallest absolute Gasteiger partial charge is 0.311 e. The van der Waals surface area contributed by atoms with Gasteiger partial charge in [0.05, 0.1) is 38.3 Å². The molecule has 27 heavy (non-hydrogen) atoms. The van der Waals surface area contributed by atoms with Crippen molar-refractivity contribution in [1.29, 1.82) is 5.26 Å². The van der Waals surface area contributed by atoms with E-state index >= 15 is 0 Å². The fourth-order valence-corrected chi connectivity index (χ4v) is 2.67. The predicted octanol–water partition coefficient (Wildman–Crippen LogP) is 0.630. The molecular weight excluding hydrogens is 354 g/mol. The summed E-state index contributed by atoms with van der Waals surface area (Å²) < 4.78 is 15.4. The van der Waals surface area contributed by atoms with Crippen LogP contribution in [0.5, 0.6) is 11.5 Å². The number of ether oxygens (including phenoxy) is 3. The molecule has 1 aromatic carbocycles. The molecule has 1 aromatic rings. The molecule has 144 valence electrons. The van der Waals surface area contributed by atoms with Gasteiger partial charge in [0.15, 0.2) is 6.61 Å². The lowest BCUT2D eigenvalue weighted by atomic mass is 10.1. The number of benzene rings is 1. The Hall–Kier alpha value is -3.28. The van der Waals surface area contributed by atoms with E-state index in [0.717, 1.165) is 0 Å². The van der Waals surface area contributed by atoms with Gasteiger partial charge in [-0.25, -0.2) is 0 Å². The van der Waals surface area contributed by atoms with E-state index in [0.29, 0.717) is 17.2 Å². The molecule has 1 atom stereocenters. The Balaban J connectivity index is 1.96. The first-order valence-corrected chi connectivity index (χ1v) is 8.32. The fraction of sp³-hybridized carbons (Fsp3) is 0.444. The van der Waals surface area contributed by atoms with Crippen LogP contribution >= 0.6 is 0 Å². The van der Waals surface area contributed by atoms with Crippen molar-refractivity contribution in [1.82, 2.24) is 5.32 Å². The number of anilines is 1. The molecule has 0 bridgehead atoms. The van der Waals surface area contributed by atoms with Gasteiger partial charge in [-0.05, 0) is 12.1 Å². The lowest BCUT2D eigenvalue weighted by Crippen LogP contribution is -2.31. The van der Waals surface area contributed by atoms with Gasteiger partial charge in [0.25, 0.3) is 5.91 Å². The number of nitrogens with one attached hydrogen (secondary N) is 1. The molecule has 1 N–H and O–H groups in total. The zero-order valence-electron chi connectivity index (χ0n) is 15.2. The second-order valence-electron chi connectivity index (χ2n) is 5.81. The second-order valence-corrected chi connectivity index (χ2v) is 5.81. The third kappa shape index (κ3) is 5.10. The van der Waals surface area contributed by atoms with Gasteiger partial charge < -0.3 is 24.4 Å². The van der Waals surface area contributed by atoms with Gasteiger partial charge in [0.1, 0.15) is 11.5 Å². The summed E-state index contributed by atoms with van der Waals surface area (Å²) in [6, 6.07) is 6.93. The molecule has 2 amide bonds. The van der Waals surface area contributed by atoms with Crippen molar-refractivity contribution in [2.75, 3.05) is 38.8 Å². The first-order chi connectivity index (χ1) is 13.0. The Morgan fingerprint density at radius 2 is 2.11 bits per heavy atom. The van der Waals surface area contributed by atoms with Crippen LogP contribution in [0.15, 0.2) is 18.2 Å². The molecule has 9 heteroatoms. The molecule has 9 nitrogen and oxygen atoms in total. The molecule has 0 aromatic heterocycles. The third-order valence-electron chi connectivity index (χ3n) is 4.04. The highest BCUT2D eigenvalue weighted by Gasteiger charge is 2.37. The molecule has 0 aliphatic carbocycles. The highest BCUT2D eigenvalue weighted by Crippen LogP contribution is 2.35. The highest BCUT2D eigenvalue weighted by molar-refractivity contribution is 6.00. The average molecular weight is 375 g/mol. The Morgan fingerprint density at radius 3 is 2.78 bits per heavy atom. The van der Waals surface area contributed by atoms with Crippen LogP contribution in [-0.4, -0.2) is 51.7 Å². The summed E-state index contributed by atoms with van der Waals surface area (Å²) >= 11 is 0. The summed E-state index contributed by atoms with van der Waals surface area (Å²) in [5.74, 6) is -0.977. The van der Waals surface area contributed by atoms with E-state index in [1.54, 1.807) is 18.2 Å². The summed E-state index contributed by atoms with van der Waals surface area (Å²) in [4.78, 5) is 37.5. The number of nitrogens with zero attached hydrogens (tertiary/aromatic N) is 2. The molecule has 2 rings (SSSR count). The van der Waals surface area contributed by atoms with Crippen LogP contribution in [0.4, 0.5) is 5.69 Å². The van der Waals surface area contributed by atoms with Crippen LogP contribution in [0.3, 0.4) is 0 Å².